The minimum absolute atomic E-state index is 0.161. The molecule has 12 heteroatoms. The second kappa shape index (κ2) is 12.6. The van der Waals surface area contributed by atoms with Gasteiger partial charge in [0, 0.05) is 5.69 Å². The van der Waals surface area contributed by atoms with Gasteiger partial charge >= 0.3 is 0 Å². The summed E-state index contributed by atoms with van der Waals surface area (Å²) >= 11 is 6.27. The summed E-state index contributed by atoms with van der Waals surface area (Å²) in [5, 5.41) is 15.7. The number of anilines is 7. The Balaban J connectivity index is 0.000000169. The molecule has 0 fully saturated rings. The van der Waals surface area contributed by atoms with E-state index in [1.165, 1.54) is 11.8 Å². The van der Waals surface area contributed by atoms with Crippen LogP contribution in [0.15, 0.2) is 89.9 Å². The van der Waals surface area contributed by atoms with Gasteiger partial charge in [-0.15, -0.1) is 0 Å². The van der Waals surface area contributed by atoms with Crippen LogP contribution >= 0.6 is 24.0 Å². The van der Waals surface area contributed by atoms with Gasteiger partial charge in [-0.25, -0.2) is 4.99 Å². The first-order chi connectivity index (χ1) is 20.3. The average molecular weight is 597 g/mol. The minimum Gasteiger partial charge on any atom is -0.378 e. The number of nitrogens with two attached hydrogens (primary N) is 2. The third-order valence-corrected chi connectivity index (χ3v) is 6.98. The molecule has 212 valence electrons. The lowest BCUT2D eigenvalue weighted by molar-refractivity contribution is 0.102. The highest BCUT2D eigenvalue weighted by Crippen LogP contribution is 2.34. The van der Waals surface area contributed by atoms with E-state index in [-0.39, 0.29) is 16.9 Å². The fraction of sp³-hybridized carbons (Fsp3) is 0.0667. The van der Waals surface area contributed by atoms with Crippen LogP contribution in [0, 0.1) is 0 Å². The summed E-state index contributed by atoms with van der Waals surface area (Å²) in [7, 11) is 0. The van der Waals surface area contributed by atoms with E-state index >= 15 is 0 Å². The van der Waals surface area contributed by atoms with Crippen LogP contribution in [0.25, 0.3) is 0 Å². The van der Waals surface area contributed by atoms with Crippen molar-refractivity contribution in [3.05, 3.63) is 96.1 Å². The van der Waals surface area contributed by atoms with Gasteiger partial charge in [-0.1, -0.05) is 43.0 Å². The monoisotopic (exact) mass is 596 g/mol. The molecule has 0 saturated heterocycles. The zero-order chi connectivity index (χ0) is 29.6. The first-order valence-corrected chi connectivity index (χ1v) is 14.4. The molecule has 2 aliphatic rings. The van der Waals surface area contributed by atoms with Gasteiger partial charge < -0.3 is 38.1 Å². The predicted molar refractivity (Wildman–Crippen MR) is 178 cm³/mol. The molecule has 10 nitrogen and oxygen atoms in total. The highest BCUT2D eigenvalue weighted by atomic mass is 32.2. The van der Waals surface area contributed by atoms with Gasteiger partial charge in [-0.2, -0.15) is 0 Å². The Morgan fingerprint density at radius 3 is 1.76 bits per heavy atom. The van der Waals surface area contributed by atoms with E-state index < -0.39 is 0 Å². The molecule has 6 rings (SSSR count). The minimum atomic E-state index is -0.177. The van der Waals surface area contributed by atoms with E-state index in [4.69, 9.17) is 23.7 Å². The van der Waals surface area contributed by atoms with Crippen LogP contribution in [0.4, 0.5) is 45.5 Å². The number of rotatable bonds is 3. The Labute approximate surface area is 252 Å². The van der Waals surface area contributed by atoms with Crippen molar-refractivity contribution >= 4 is 91.6 Å². The normalized spacial score (nSPS) is 12.9. The molecular weight excluding hydrogens is 569 g/mol. The van der Waals surface area contributed by atoms with Crippen LogP contribution in [0.5, 0.6) is 0 Å². The van der Waals surface area contributed by atoms with E-state index in [1.807, 2.05) is 79.7 Å². The first-order valence-electron chi connectivity index (χ1n) is 13.0. The molecule has 0 spiro atoms. The first kappa shape index (κ1) is 28.5. The van der Waals surface area contributed by atoms with Gasteiger partial charge in [-0.05, 0) is 78.6 Å². The van der Waals surface area contributed by atoms with E-state index in [9.17, 15) is 9.59 Å². The second-order valence-corrected chi connectivity index (χ2v) is 10.8. The molecule has 2 heterocycles. The maximum absolute atomic E-state index is 12.4. The lowest BCUT2D eigenvalue weighted by Gasteiger charge is -2.10. The van der Waals surface area contributed by atoms with Crippen LogP contribution in [-0.2, 0) is 0 Å². The highest BCUT2D eigenvalue weighted by molar-refractivity contribution is 8.13. The molecule has 42 heavy (non-hydrogen) atoms. The number of carbonyl (C=O) groups is 2. The van der Waals surface area contributed by atoms with Gasteiger partial charge in [-0.3, -0.25) is 9.59 Å². The second-order valence-electron chi connectivity index (χ2n) is 9.11. The number of fused-ring (bicyclic) bond motifs is 4. The number of para-hydroxylation sites is 4. The largest absolute Gasteiger partial charge is 0.378 e. The van der Waals surface area contributed by atoms with Gasteiger partial charge in [0.25, 0.3) is 11.8 Å². The van der Waals surface area contributed by atoms with Crippen LogP contribution < -0.4 is 38.1 Å². The Bertz CT molecular complexity index is 1720. The molecule has 4 aromatic carbocycles. The summed E-state index contributed by atoms with van der Waals surface area (Å²) in [6.45, 7) is 2.01. The predicted octanol–water partition coefficient (Wildman–Crippen LogP) is 6.35. The van der Waals surface area contributed by atoms with Crippen molar-refractivity contribution in [1.29, 1.82) is 0 Å². The summed E-state index contributed by atoms with van der Waals surface area (Å²) in [6, 6.07) is 25.9. The highest BCUT2D eigenvalue weighted by Gasteiger charge is 2.20. The third kappa shape index (κ3) is 6.62. The van der Waals surface area contributed by atoms with Crippen molar-refractivity contribution in [3.63, 3.8) is 0 Å². The SMILES string of the molecule is CCSC(N)=Nc1ccc2c(c1)C(=O)Nc1ccccc1N2.NC(=S)Nc1ccc2c(c1)C(=O)Nc1ccccc1N2. The van der Waals surface area contributed by atoms with Gasteiger partial charge in [0.1, 0.15) is 0 Å². The molecule has 0 aromatic heterocycles. The molecule has 0 saturated carbocycles. The number of nitrogens with one attached hydrogen (secondary N) is 5. The lowest BCUT2D eigenvalue weighted by atomic mass is 10.1. The molecule has 9 N–H and O–H groups in total. The Hall–Kier alpha value is -5.07. The summed E-state index contributed by atoms with van der Waals surface area (Å²) in [5.74, 6) is 0.521. The third-order valence-electron chi connectivity index (χ3n) is 6.20. The van der Waals surface area contributed by atoms with Crippen molar-refractivity contribution < 1.29 is 9.59 Å². The van der Waals surface area contributed by atoms with E-state index in [0.29, 0.717) is 27.7 Å². The number of benzene rings is 4. The zero-order valence-electron chi connectivity index (χ0n) is 22.5. The Morgan fingerprint density at radius 2 is 1.24 bits per heavy atom. The van der Waals surface area contributed by atoms with Gasteiger partial charge in [0.2, 0.25) is 0 Å². The average Bonchev–Trinajstić information content (AvgIpc) is 3.19. The molecule has 0 bridgehead atoms. The van der Waals surface area contributed by atoms with Crippen LogP contribution in [-0.4, -0.2) is 27.8 Å². The summed E-state index contributed by atoms with van der Waals surface area (Å²) in [4.78, 5) is 29.0. The fourth-order valence-corrected chi connectivity index (χ4v) is 4.92. The molecule has 0 unspecified atom stereocenters. The number of thioether (sulfide) groups is 1. The number of hydrogen-bond acceptors (Lipinski definition) is 7. The number of amides is 2. The lowest BCUT2D eigenvalue weighted by Crippen LogP contribution is -2.19. The Kier molecular flexibility index (Phi) is 8.55. The number of thiocarbonyl (C=S) groups is 1. The molecular formula is C30H28N8O2S2. The molecule has 2 amide bonds. The van der Waals surface area contributed by atoms with E-state index in [1.54, 1.807) is 12.1 Å². The fourth-order valence-electron chi connectivity index (χ4n) is 4.34. The number of carbonyl (C=O) groups excluding carboxylic acids is 2. The number of amidine groups is 1. The molecule has 2 aliphatic heterocycles. The van der Waals surface area contributed by atoms with E-state index in [2.05, 4.69) is 31.6 Å². The number of hydrogen-bond donors (Lipinski definition) is 7. The number of aliphatic imine (C=N–C) groups is 1. The van der Waals surface area contributed by atoms with E-state index in [0.717, 1.165) is 39.9 Å². The van der Waals surface area contributed by atoms with Crippen LogP contribution in [0.2, 0.25) is 0 Å². The van der Waals surface area contributed by atoms with Gasteiger partial charge in [0.05, 0.1) is 50.9 Å². The maximum Gasteiger partial charge on any atom is 0.257 e. The molecule has 0 radical (unpaired) electrons. The maximum atomic E-state index is 12.4. The quantitative estimate of drug-likeness (QED) is 0.0813. The van der Waals surface area contributed by atoms with Crippen molar-refractivity contribution in [3.8, 4) is 0 Å². The Morgan fingerprint density at radius 1 is 0.738 bits per heavy atom. The van der Waals surface area contributed by atoms with Gasteiger partial charge in [0.15, 0.2) is 10.3 Å². The van der Waals surface area contributed by atoms with Crippen molar-refractivity contribution in [1.82, 2.24) is 0 Å². The number of nitrogens with zero attached hydrogens (tertiary/aromatic N) is 1. The summed E-state index contributed by atoms with van der Waals surface area (Å²) < 4.78 is 0. The van der Waals surface area contributed by atoms with Crippen molar-refractivity contribution in [2.45, 2.75) is 6.92 Å². The molecule has 4 aromatic rings. The molecule has 0 atom stereocenters. The smallest absolute Gasteiger partial charge is 0.257 e. The topological polar surface area (TPSA) is 159 Å². The van der Waals surface area contributed by atoms with Crippen molar-refractivity contribution in [2.24, 2.45) is 16.5 Å². The van der Waals surface area contributed by atoms with Crippen molar-refractivity contribution in [2.75, 3.05) is 32.3 Å². The summed E-state index contributed by atoms with van der Waals surface area (Å²) in [6.07, 6.45) is 0. The standard InChI is InChI=1S/C16H16N4OS.C14H12N4OS/c1-2-22-16(17)18-10-7-8-12-11(9-10)15(21)20-14-6-4-3-5-13(14)19-12;15-14(20)16-8-5-6-10-9(7-8)13(19)18-12-4-2-1-3-11(12)17-10/h3-9,19H,2H2,1H3,(H2,17,18)(H,20,21);1-7,17H,(H,18,19)(H3,15,16,20). The zero-order valence-corrected chi connectivity index (χ0v) is 24.2. The van der Waals surface area contributed by atoms with Crippen LogP contribution in [0.1, 0.15) is 27.6 Å². The van der Waals surface area contributed by atoms with Crippen LogP contribution in [0.3, 0.4) is 0 Å². The summed E-state index contributed by atoms with van der Waals surface area (Å²) in [5.41, 5.74) is 18.4. The molecule has 0 aliphatic carbocycles.